The van der Waals surface area contributed by atoms with Crippen LogP contribution in [0.5, 0.6) is 0 Å². The number of ether oxygens (including phenoxy) is 3. The number of esters is 3. The van der Waals surface area contributed by atoms with Gasteiger partial charge in [0, 0.05) is 19.3 Å². The third-order valence-electron chi connectivity index (χ3n) is 13.4. The molecule has 0 aliphatic heterocycles. The van der Waals surface area contributed by atoms with E-state index in [1.165, 1.54) is 161 Å². The molecular weight excluding hydrogens is 889 g/mol. The third-order valence-corrected chi connectivity index (χ3v) is 13.4. The van der Waals surface area contributed by atoms with Crippen molar-refractivity contribution in [3.8, 4) is 0 Å². The summed E-state index contributed by atoms with van der Waals surface area (Å²) >= 11 is 0. The molecule has 1 atom stereocenters. The van der Waals surface area contributed by atoms with E-state index in [0.717, 1.165) is 109 Å². The molecule has 0 aliphatic rings. The van der Waals surface area contributed by atoms with Gasteiger partial charge in [0.2, 0.25) is 0 Å². The minimum Gasteiger partial charge on any atom is -0.462 e. The van der Waals surface area contributed by atoms with E-state index in [1.807, 2.05) is 0 Å². The fourth-order valence-electron chi connectivity index (χ4n) is 8.76. The molecule has 0 fully saturated rings. The van der Waals surface area contributed by atoms with Gasteiger partial charge in [-0.1, -0.05) is 261 Å². The molecule has 0 aliphatic carbocycles. The molecule has 416 valence electrons. The molecule has 0 aromatic carbocycles. The Morgan fingerprint density at radius 3 is 0.917 bits per heavy atom. The average Bonchev–Trinajstić information content (AvgIpc) is 3.38. The standard InChI is InChI=1S/C66H116O6/c1-4-7-10-13-16-19-22-25-27-28-29-30-31-32-33-34-35-36-37-38-39-42-44-47-50-53-56-59-65(68)71-62-63(61-70-64(67)58-55-52-49-46-43-40-24-21-18-15-12-9-6-3)72-66(69)60-57-54-51-48-45-41-26-23-20-17-14-11-8-5-2/h9,12,14,17-18,21,23,26,28-29,40,43,63H,4-8,10-11,13,15-16,19-20,22,24-25,27,30-39,41-42,44-62H2,1-3H3/b12-9-,17-14-,21-18-,26-23-,29-28-,43-40-. The molecular formula is C66H116O6. The van der Waals surface area contributed by atoms with Crippen LogP contribution < -0.4 is 0 Å². The third kappa shape index (κ3) is 57.7. The van der Waals surface area contributed by atoms with Crippen LogP contribution in [-0.2, 0) is 28.6 Å². The van der Waals surface area contributed by atoms with Gasteiger partial charge >= 0.3 is 17.9 Å². The van der Waals surface area contributed by atoms with E-state index in [1.54, 1.807) is 0 Å². The number of carbonyl (C=O) groups excluding carboxylic acids is 3. The molecule has 0 bridgehead atoms. The van der Waals surface area contributed by atoms with E-state index in [-0.39, 0.29) is 31.1 Å². The van der Waals surface area contributed by atoms with E-state index in [9.17, 15) is 14.4 Å². The summed E-state index contributed by atoms with van der Waals surface area (Å²) in [6.07, 6.45) is 77.8. The van der Waals surface area contributed by atoms with Crippen molar-refractivity contribution in [2.24, 2.45) is 0 Å². The summed E-state index contributed by atoms with van der Waals surface area (Å²) in [5, 5.41) is 0. The van der Waals surface area contributed by atoms with Crippen LogP contribution >= 0.6 is 0 Å². The van der Waals surface area contributed by atoms with E-state index < -0.39 is 6.10 Å². The van der Waals surface area contributed by atoms with Gasteiger partial charge in [-0.2, -0.15) is 0 Å². The molecule has 6 nitrogen and oxygen atoms in total. The Hall–Kier alpha value is -3.15. The van der Waals surface area contributed by atoms with Crippen molar-refractivity contribution in [3.63, 3.8) is 0 Å². The molecule has 0 amide bonds. The lowest BCUT2D eigenvalue weighted by Gasteiger charge is -2.18. The first-order valence-corrected chi connectivity index (χ1v) is 30.9. The maximum atomic E-state index is 12.8. The summed E-state index contributed by atoms with van der Waals surface area (Å²) in [6, 6.07) is 0. The van der Waals surface area contributed by atoms with Crippen LogP contribution in [0.2, 0.25) is 0 Å². The monoisotopic (exact) mass is 1000 g/mol. The first-order valence-electron chi connectivity index (χ1n) is 30.9. The van der Waals surface area contributed by atoms with E-state index in [4.69, 9.17) is 14.2 Å². The summed E-state index contributed by atoms with van der Waals surface area (Å²) in [6.45, 7) is 6.47. The summed E-state index contributed by atoms with van der Waals surface area (Å²) in [7, 11) is 0. The number of unbranched alkanes of at least 4 members (excludes halogenated alkanes) is 33. The first kappa shape index (κ1) is 68.8. The summed E-state index contributed by atoms with van der Waals surface area (Å²) in [5.74, 6) is -0.924. The Balaban J connectivity index is 4.23. The van der Waals surface area contributed by atoms with Crippen molar-refractivity contribution in [2.75, 3.05) is 13.2 Å². The smallest absolute Gasteiger partial charge is 0.306 e. The Bertz CT molecular complexity index is 1340. The fourth-order valence-corrected chi connectivity index (χ4v) is 8.76. The lowest BCUT2D eigenvalue weighted by atomic mass is 10.0. The van der Waals surface area contributed by atoms with Crippen LogP contribution in [0.25, 0.3) is 0 Å². The van der Waals surface area contributed by atoms with Crippen LogP contribution in [0.4, 0.5) is 0 Å². The zero-order valence-electron chi connectivity index (χ0n) is 47.7. The topological polar surface area (TPSA) is 78.9 Å². The van der Waals surface area contributed by atoms with Crippen molar-refractivity contribution in [2.45, 2.75) is 316 Å². The van der Waals surface area contributed by atoms with Gasteiger partial charge in [-0.3, -0.25) is 14.4 Å². The molecule has 0 saturated heterocycles. The van der Waals surface area contributed by atoms with Crippen LogP contribution in [-0.4, -0.2) is 37.2 Å². The molecule has 0 spiro atoms. The SMILES string of the molecule is CC/C=C\C/C=C\C/C=C\CCCCCC(=O)OCC(COC(=O)CCCCCCCCCCCCCCCCC/C=C\CCCCCCCCCC)OC(=O)CCCCCCC/C=C\C/C=C\CCCC. The lowest BCUT2D eigenvalue weighted by Crippen LogP contribution is -2.30. The highest BCUT2D eigenvalue weighted by Crippen LogP contribution is 2.16. The highest BCUT2D eigenvalue weighted by Gasteiger charge is 2.19. The predicted molar refractivity (Wildman–Crippen MR) is 311 cm³/mol. The number of hydrogen-bond acceptors (Lipinski definition) is 6. The van der Waals surface area contributed by atoms with E-state index >= 15 is 0 Å². The van der Waals surface area contributed by atoms with Crippen LogP contribution in [0.3, 0.4) is 0 Å². The van der Waals surface area contributed by atoms with Gasteiger partial charge in [-0.05, 0) is 103 Å². The Kier molecular flexibility index (Phi) is 57.8. The summed E-state index contributed by atoms with van der Waals surface area (Å²) in [4.78, 5) is 38.2. The largest absolute Gasteiger partial charge is 0.462 e. The zero-order chi connectivity index (χ0) is 52.2. The van der Waals surface area contributed by atoms with Crippen LogP contribution in [0.15, 0.2) is 72.9 Å². The van der Waals surface area contributed by atoms with Gasteiger partial charge in [-0.25, -0.2) is 0 Å². The molecule has 0 aromatic heterocycles. The highest BCUT2D eigenvalue weighted by molar-refractivity contribution is 5.71. The minimum atomic E-state index is -0.794. The summed E-state index contributed by atoms with van der Waals surface area (Å²) < 4.78 is 16.8. The number of rotatable bonds is 56. The van der Waals surface area contributed by atoms with Crippen LogP contribution in [0, 0.1) is 0 Å². The Labute approximate surface area is 446 Å². The number of allylic oxidation sites excluding steroid dienone is 12. The van der Waals surface area contributed by atoms with Gasteiger partial charge in [0.25, 0.3) is 0 Å². The molecule has 0 saturated carbocycles. The Morgan fingerprint density at radius 1 is 0.292 bits per heavy atom. The van der Waals surface area contributed by atoms with Crippen molar-refractivity contribution in [3.05, 3.63) is 72.9 Å². The molecule has 1 unspecified atom stereocenters. The average molecular weight is 1010 g/mol. The second-order valence-electron chi connectivity index (χ2n) is 20.6. The van der Waals surface area contributed by atoms with Gasteiger partial charge in [0.1, 0.15) is 13.2 Å². The van der Waals surface area contributed by atoms with Gasteiger partial charge in [-0.15, -0.1) is 0 Å². The number of carbonyl (C=O) groups is 3. The molecule has 6 heteroatoms. The van der Waals surface area contributed by atoms with Crippen LogP contribution in [0.1, 0.15) is 310 Å². The quantitative estimate of drug-likeness (QED) is 0.0261. The normalized spacial score (nSPS) is 12.5. The minimum absolute atomic E-state index is 0.0891. The van der Waals surface area contributed by atoms with Gasteiger partial charge < -0.3 is 14.2 Å². The van der Waals surface area contributed by atoms with Crippen molar-refractivity contribution in [1.82, 2.24) is 0 Å². The molecule has 0 rings (SSSR count). The predicted octanol–water partition coefficient (Wildman–Crippen LogP) is 20.9. The fraction of sp³-hybridized carbons (Fsp3) is 0.773. The van der Waals surface area contributed by atoms with Gasteiger partial charge in [0.15, 0.2) is 6.10 Å². The number of hydrogen-bond donors (Lipinski definition) is 0. The van der Waals surface area contributed by atoms with E-state index in [0.29, 0.717) is 19.3 Å². The van der Waals surface area contributed by atoms with Crippen molar-refractivity contribution in [1.29, 1.82) is 0 Å². The maximum Gasteiger partial charge on any atom is 0.306 e. The Morgan fingerprint density at radius 2 is 0.556 bits per heavy atom. The van der Waals surface area contributed by atoms with Crippen molar-refractivity contribution < 1.29 is 28.6 Å². The highest BCUT2D eigenvalue weighted by atomic mass is 16.6. The molecule has 0 aromatic rings. The first-order chi connectivity index (χ1) is 35.5. The van der Waals surface area contributed by atoms with Crippen molar-refractivity contribution >= 4 is 17.9 Å². The van der Waals surface area contributed by atoms with Gasteiger partial charge in [0.05, 0.1) is 0 Å². The second-order valence-corrected chi connectivity index (χ2v) is 20.6. The van der Waals surface area contributed by atoms with E-state index in [2.05, 4.69) is 93.7 Å². The lowest BCUT2D eigenvalue weighted by molar-refractivity contribution is -0.167. The molecule has 0 N–H and O–H groups in total. The second kappa shape index (κ2) is 60.4. The molecule has 72 heavy (non-hydrogen) atoms. The summed E-state index contributed by atoms with van der Waals surface area (Å²) in [5.41, 5.74) is 0. The zero-order valence-corrected chi connectivity index (χ0v) is 47.7. The maximum absolute atomic E-state index is 12.8. The molecule has 0 heterocycles. The molecule has 0 radical (unpaired) electrons.